The number of allylic oxidation sites excluding steroid dienone is 2. The van der Waals surface area contributed by atoms with Gasteiger partial charge in [0.25, 0.3) is 5.70 Å². The quantitative estimate of drug-likeness (QED) is 0.641. The number of aryl methyl sites for hydroxylation is 1. The minimum absolute atomic E-state index is 0.0348. The molecule has 0 radical (unpaired) electrons. The van der Waals surface area contributed by atoms with Crippen molar-refractivity contribution < 1.29 is 14.8 Å². The first-order valence-electron chi connectivity index (χ1n) is 7.75. The average molecular weight is 333 g/mol. The normalized spacial score (nSPS) is 22.7. The molecule has 128 valence electrons. The maximum atomic E-state index is 12.6. The zero-order valence-corrected chi connectivity index (χ0v) is 13.7. The summed E-state index contributed by atoms with van der Waals surface area (Å²) >= 11 is 0. The van der Waals surface area contributed by atoms with Crippen LogP contribution in [0.3, 0.4) is 0 Å². The maximum absolute atomic E-state index is 12.6. The lowest BCUT2D eigenvalue weighted by Gasteiger charge is -2.32. The van der Waals surface area contributed by atoms with Crippen LogP contribution in [0.5, 0.6) is 0 Å². The van der Waals surface area contributed by atoms with E-state index in [0.29, 0.717) is 18.2 Å². The van der Waals surface area contributed by atoms with Gasteiger partial charge in [-0.15, -0.1) is 0 Å². The van der Waals surface area contributed by atoms with Crippen LogP contribution in [-0.2, 0) is 11.2 Å². The van der Waals surface area contributed by atoms with E-state index >= 15 is 0 Å². The van der Waals surface area contributed by atoms with E-state index in [1.54, 1.807) is 0 Å². The second-order valence-electron chi connectivity index (χ2n) is 6.82. The van der Waals surface area contributed by atoms with Crippen molar-refractivity contribution in [2.24, 2.45) is 5.41 Å². The highest BCUT2D eigenvalue weighted by Crippen LogP contribution is 2.42. The van der Waals surface area contributed by atoms with Crippen LogP contribution in [-0.4, -0.2) is 30.6 Å². The molecule has 0 bridgehead atoms. The summed E-state index contributed by atoms with van der Waals surface area (Å²) in [4.78, 5) is 27.8. The highest BCUT2D eigenvalue weighted by Gasteiger charge is 2.44. The number of fused-ring (bicyclic) bond motifs is 1. The second kappa shape index (κ2) is 5.43. The van der Waals surface area contributed by atoms with E-state index < -0.39 is 11.0 Å². The van der Waals surface area contributed by atoms with Crippen molar-refractivity contribution >= 4 is 11.7 Å². The number of hydrogen-bond donors (Lipinski definition) is 2. The van der Waals surface area contributed by atoms with Crippen molar-refractivity contribution in [3.63, 3.8) is 0 Å². The summed E-state index contributed by atoms with van der Waals surface area (Å²) < 4.78 is 1.32. The fourth-order valence-corrected chi connectivity index (χ4v) is 3.17. The number of carbonyl (C=O) groups excluding carboxylic acids is 1. The Kier molecular flexibility index (Phi) is 3.66. The van der Waals surface area contributed by atoms with Gasteiger partial charge < -0.3 is 10.4 Å². The third-order valence-corrected chi connectivity index (χ3v) is 4.25. The zero-order valence-electron chi connectivity index (χ0n) is 13.7. The summed E-state index contributed by atoms with van der Waals surface area (Å²) in [6, 6.07) is -1.08. The summed E-state index contributed by atoms with van der Waals surface area (Å²) in [5.74, 6) is 0.405. The monoisotopic (exact) mass is 333 g/mol. The molecule has 9 heteroatoms. The van der Waals surface area contributed by atoms with Crippen molar-refractivity contribution in [3.05, 3.63) is 39.2 Å². The Hall–Kier alpha value is -2.71. The summed E-state index contributed by atoms with van der Waals surface area (Å²) in [5.41, 5.74) is -0.590. The number of nitrogens with zero attached hydrogens (tertiary/aromatic N) is 4. The lowest BCUT2D eigenvalue weighted by Crippen LogP contribution is -2.34. The Balaban J connectivity index is 2.16. The molecule has 0 spiro atoms. The van der Waals surface area contributed by atoms with Gasteiger partial charge in [-0.25, -0.2) is 4.68 Å². The van der Waals surface area contributed by atoms with Crippen molar-refractivity contribution in [3.8, 4) is 0 Å². The molecule has 1 aromatic rings. The molecule has 0 saturated carbocycles. The minimum atomic E-state index is -1.08. The molecular weight excluding hydrogens is 314 g/mol. The highest BCUT2D eigenvalue weighted by molar-refractivity contribution is 5.98. The van der Waals surface area contributed by atoms with Crippen LogP contribution in [0.15, 0.2) is 23.2 Å². The van der Waals surface area contributed by atoms with Crippen molar-refractivity contribution in [1.82, 2.24) is 14.8 Å². The first kappa shape index (κ1) is 16.2. The fourth-order valence-electron chi connectivity index (χ4n) is 3.17. The number of Topliss-reactive ketones (excluding diaryl/α,β-unsaturated/α-hetero) is 1. The molecule has 1 aliphatic heterocycles. The Morgan fingerprint density at radius 3 is 2.79 bits per heavy atom. The number of rotatable bonds is 3. The van der Waals surface area contributed by atoms with Gasteiger partial charge >= 0.3 is 0 Å². The second-order valence-corrected chi connectivity index (χ2v) is 6.82. The largest absolute Gasteiger partial charge is 0.512 e. The first-order chi connectivity index (χ1) is 11.2. The van der Waals surface area contributed by atoms with E-state index in [0.717, 1.165) is 0 Å². The van der Waals surface area contributed by atoms with Crippen molar-refractivity contribution in [2.75, 3.05) is 5.32 Å². The molecule has 9 nitrogen and oxygen atoms in total. The van der Waals surface area contributed by atoms with E-state index in [1.165, 1.54) is 10.9 Å². The van der Waals surface area contributed by atoms with Crippen molar-refractivity contribution in [2.45, 2.75) is 46.1 Å². The van der Waals surface area contributed by atoms with Crippen LogP contribution in [0.2, 0.25) is 0 Å². The average Bonchev–Trinajstić information content (AvgIpc) is 2.88. The van der Waals surface area contributed by atoms with Crippen LogP contribution >= 0.6 is 0 Å². The maximum Gasteiger partial charge on any atom is 0.291 e. The SMILES string of the molecule is CCc1nc2n(n1)C(C1=C(O)CC(C)(C)CC1=O)C([N+](=O)[O-])=CN2. The lowest BCUT2D eigenvalue weighted by atomic mass is 9.74. The summed E-state index contributed by atoms with van der Waals surface area (Å²) in [6.45, 7) is 5.62. The summed E-state index contributed by atoms with van der Waals surface area (Å²) in [7, 11) is 0. The molecule has 3 rings (SSSR count). The Morgan fingerprint density at radius 1 is 1.50 bits per heavy atom. The van der Waals surface area contributed by atoms with E-state index in [1.807, 2.05) is 20.8 Å². The van der Waals surface area contributed by atoms with E-state index in [2.05, 4.69) is 15.4 Å². The predicted octanol–water partition coefficient (Wildman–Crippen LogP) is 2.13. The van der Waals surface area contributed by atoms with Gasteiger partial charge in [-0.05, 0) is 5.41 Å². The number of hydrogen-bond acceptors (Lipinski definition) is 7. The minimum Gasteiger partial charge on any atom is -0.512 e. The Morgan fingerprint density at radius 2 is 2.21 bits per heavy atom. The molecule has 1 aliphatic carbocycles. The van der Waals surface area contributed by atoms with Gasteiger partial charge in [0.2, 0.25) is 5.95 Å². The molecular formula is C15H19N5O4. The molecule has 1 atom stereocenters. The molecule has 0 aromatic carbocycles. The van der Waals surface area contributed by atoms with E-state index in [-0.39, 0.29) is 41.1 Å². The summed E-state index contributed by atoms with van der Waals surface area (Å²) in [6.07, 6.45) is 2.26. The molecule has 2 heterocycles. The van der Waals surface area contributed by atoms with E-state index in [9.17, 15) is 20.0 Å². The number of aliphatic hydroxyl groups is 1. The lowest BCUT2D eigenvalue weighted by molar-refractivity contribution is -0.431. The molecule has 0 saturated heterocycles. The number of aliphatic hydroxyl groups excluding tert-OH is 1. The molecule has 2 N–H and O–H groups in total. The standard InChI is InChI=1S/C15H19N5O4/c1-4-11-17-14-16-7-8(20(23)24)13(19(14)18-11)12-9(21)5-15(2,3)6-10(12)22/h7,13,21H,4-6H2,1-3H3,(H,16,17,18). The number of anilines is 1. The van der Waals surface area contributed by atoms with Crippen molar-refractivity contribution in [1.29, 1.82) is 0 Å². The van der Waals surface area contributed by atoms with Crippen LogP contribution in [0.25, 0.3) is 0 Å². The highest BCUT2D eigenvalue weighted by atomic mass is 16.6. The third kappa shape index (κ3) is 2.55. The van der Waals surface area contributed by atoms with Crippen LogP contribution < -0.4 is 5.32 Å². The number of nitro groups is 1. The van der Waals surface area contributed by atoms with Gasteiger partial charge in [-0.3, -0.25) is 14.9 Å². The first-order valence-corrected chi connectivity index (χ1v) is 7.75. The Bertz CT molecular complexity index is 790. The van der Waals surface area contributed by atoms with Gasteiger partial charge in [0.15, 0.2) is 17.6 Å². The van der Waals surface area contributed by atoms with Gasteiger partial charge in [0.05, 0.1) is 16.7 Å². The molecule has 0 amide bonds. The van der Waals surface area contributed by atoms with E-state index in [4.69, 9.17) is 0 Å². The van der Waals surface area contributed by atoms with Crippen LogP contribution in [0, 0.1) is 15.5 Å². The smallest absolute Gasteiger partial charge is 0.291 e. The number of aromatic nitrogens is 3. The van der Waals surface area contributed by atoms with Gasteiger partial charge in [0, 0.05) is 19.3 Å². The van der Waals surface area contributed by atoms with Gasteiger partial charge in [-0.1, -0.05) is 20.8 Å². The van der Waals surface area contributed by atoms with Gasteiger partial charge in [0.1, 0.15) is 5.76 Å². The molecule has 1 unspecified atom stereocenters. The van der Waals surface area contributed by atoms with Crippen LogP contribution in [0.1, 0.15) is 45.5 Å². The molecule has 1 aromatic heterocycles. The zero-order chi connectivity index (χ0) is 17.6. The fraction of sp³-hybridized carbons (Fsp3) is 0.533. The Labute approximate surface area is 138 Å². The molecule has 24 heavy (non-hydrogen) atoms. The molecule has 2 aliphatic rings. The number of ketones is 1. The van der Waals surface area contributed by atoms with Gasteiger partial charge in [-0.2, -0.15) is 10.1 Å². The summed E-state index contributed by atoms with van der Waals surface area (Å²) in [5, 5.41) is 28.9. The predicted molar refractivity (Wildman–Crippen MR) is 84.8 cm³/mol. The molecule has 0 fully saturated rings. The third-order valence-electron chi connectivity index (χ3n) is 4.25. The topological polar surface area (TPSA) is 123 Å². The van der Waals surface area contributed by atoms with Crippen LogP contribution in [0.4, 0.5) is 5.95 Å². The number of carbonyl (C=O) groups is 1. The number of nitrogens with one attached hydrogen (secondary N) is 1.